The molecule has 34 heavy (non-hydrogen) atoms. The van der Waals surface area contributed by atoms with Crippen molar-refractivity contribution in [3.8, 4) is 5.69 Å². The molecule has 0 saturated heterocycles. The minimum absolute atomic E-state index is 0.239. The minimum Gasteiger partial charge on any atom is -0.348 e. The molecule has 0 bridgehead atoms. The molecule has 0 aliphatic heterocycles. The molecular weight excluding hydrogens is 475 g/mol. The summed E-state index contributed by atoms with van der Waals surface area (Å²) in [5, 5.41) is 3.53. The number of imidazole rings is 1. The molecule has 168 valence electrons. The zero-order valence-corrected chi connectivity index (χ0v) is 19.0. The summed E-state index contributed by atoms with van der Waals surface area (Å²) in [5.41, 5.74) is 2.29. The molecule has 8 nitrogen and oxygen atoms in total. The van der Waals surface area contributed by atoms with E-state index in [1.165, 1.54) is 16.7 Å². The molecule has 0 aliphatic rings. The molecule has 5 rings (SSSR count). The number of hydrogen-bond donors (Lipinski definition) is 2. The maximum Gasteiger partial charge on any atom is 0.278 e. The lowest BCUT2D eigenvalue weighted by Gasteiger charge is -2.13. The standard InChI is InChI=1S/C24H16Cl2N6O2/c25-15-9-14(10-16(26)11-15)23(33)30-17-3-1-4-18(12-17)32-22-19(5-2-6-29-22)31-20(24(32)34)13-21-27-7-8-28-21/h1-12H,13H2,(H,27,28)(H,30,33). The summed E-state index contributed by atoms with van der Waals surface area (Å²) in [6.45, 7) is 0. The van der Waals surface area contributed by atoms with E-state index < -0.39 is 0 Å². The van der Waals surface area contributed by atoms with Gasteiger partial charge in [0.1, 0.15) is 17.0 Å². The van der Waals surface area contributed by atoms with Gasteiger partial charge < -0.3 is 10.3 Å². The topological polar surface area (TPSA) is 106 Å². The van der Waals surface area contributed by atoms with Gasteiger partial charge in [0.15, 0.2) is 5.65 Å². The van der Waals surface area contributed by atoms with Gasteiger partial charge in [0.05, 0.1) is 12.1 Å². The van der Waals surface area contributed by atoms with E-state index in [0.29, 0.717) is 49.7 Å². The Balaban J connectivity index is 1.56. The molecule has 3 heterocycles. The van der Waals surface area contributed by atoms with Crippen LogP contribution in [0.15, 0.2) is 78.0 Å². The first kappa shape index (κ1) is 21.8. The van der Waals surface area contributed by atoms with E-state index in [1.54, 1.807) is 61.1 Å². The second-order valence-corrected chi connectivity index (χ2v) is 8.29. The predicted octanol–water partition coefficient (Wildman–Crippen LogP) is 4.65. The van der Waals surface area contributed by atoms with Crippen LogP contribution in [0, 0.1) is 0 Å². The van der Waals surface area contributed by atoms with Gasteiger partial charge in [-0.25, -0.2) is 15.0 Å². The van der Waals surface area contributed by atoms with Gasteiger partial charge >= 0.3 is 0 Å². The highest BCUT2D eigenvalue weighted by Gasteiger charge is 2.16. The average Bonchev–Trinajstić information content (AvgIpc) is 3.32. The van der Waals surface area contributed by atoms with Crippen molar-refractivity contribution in [3.05, 3.63) is 111 Å². The number of amides is 1. The first-order chi connectivity index (χ1) is 16.5. The maximum atomic E-state index is 13.4. The Bertz CT molecular complexity index is 1560. The number of nitrogens with one attached hydrogen (secondary N) is 2. The SMILES string of the molecule is O=C(Nc1cccc(-n2c(=O)c(Cc3ncc[nH]3)nc3cccnc32)c1)c1cc(Cl)cc(Cl)c1. The van der Waals surface area contributed by atoms with Gasteiger partial charge in [-0.1, -0.05) is 29.3 Å². The Morgan fingerprint density at radius 3 is 2.59 bits per heavy atom. The second kappa shape index (κ2) is 9.09. The molecule has 0 unspecified atom stereocenters. The van der Waals surface area contributed by atoms with Crippen molar-refractivity contribution in [3.63, 3.8) is 0 Å². The van der Waals surface area contributed by atoms with Crippen molar-refractivity contribution >= 4 is 46.0 Å². The van der Waals surface area contributed by atoms with Gasteiger partial charge in [-0.15, -0.1) is 0 Å². The molecular formula is C24H16Cl2N6O2. The summed E-state index contributed by atoms with van der Waals surface area (Å²) in [7, 11) is 0. The van der Waals surface area contributed by atoms with Gasteiger partial charge in [0, 0.05) is 39.9 Å². The monoisotopic (exact) mass is 490 g/mol. The number of aromatic nitrogens is 5. The van der Waals surface area contributed by atoms with Crippen molar-refractivity contribution in [2.24, 2.45) is 0 Å². The summed E-state index contributed by atoms with van der Waals surface area (Å²) >= 11 is 12.0. The largest absolute Gasteiger partial charge is 0.348 e. The number of hydrogen-bond acceptors (Lipinski definition) is 5. The molecule has 1 amide bonds. The summed E-state index contributed by atoms with van der Waals surface area (Å²) < 4.78 is 1.48. The van der Waals surface area contributed by atoms with Gasteiger partial charge in [0.25, 0.3) is 11.5 Å². The lowest BCUT2D eigenvalue weighted by atomic mass is 10.2. The van der Waals surface area contributed by atoms with Gasteiger partial charge in [0.2, 0.25) is 0 Å². The van der Waals surface area contributed by atoms with Crippen LogP contribution in [0.2, 0.25) is 10.0 Å². The molecule has 0 aliphatic carbocycles. The van der Waals surface area contributed by atoms with Crippen molar-refractivity contribution in [1.29, 1.82) is 0 Å². The van der Waals surface area contributed by atoms with Crippen LogP contribution in [0.25, 0.3) is 16.9 Å². The molecule has 2 N–H and O–H groups in total. The lowest BCUT2D eigenvalue weighted by molar-refractivity contribution is 0.102. The number of carbonyl (C=O) groups excluding carboxylic acids is 1. The smallest absolute Gasteiger partial charge is 0.278 e. The number of nitrogens with zero attached hydrogens (tertiary/aromatic N) is 4. The fraction of sp³-hybridized carbons (Fsp3) is 0.0417. The quantitative estimate of drug-likeness (QED) is 0.372. The lowest BCUT2D eigenvalue weighted by Crippen LogP contribution is -2.25. The molecule has 10 heteroatoms. The van der Waals surface area contributed by atoms with Crippen LogP contribution in [0.5, 0.6) is 0 Å². The second-order valence-electron chi connectivity index (χ2n) is 7.42. The third-order valence-electron chi connectivity index (χ3n) is 5.06. The van der Waals surface area contributed by atoms with Gasteiger partial charge in [-0.2, -0.15) is 0 Å². The Kier molecular flexibility index (Phi) is 5.83. The van der Waals surface area contributed by atoms with Crippen LogP contribution >= 0.6 is 23.2 Å². The number of halogens is 2. The van der Waals surface area contributed by atoms with E-state index in [4.69, 9.17) is 23.2 Å². The van der Waals surface area contributed by atoms with Crippen LogP contribution in [0.4, 0.5) is 5.69 Å². The number of fused-ring (bicyclic) bond motifs is 1. The zero-order chi connectivity index (χ0) is 23.7. The highest BCUT2D eigenvalue weighted by Crippen LogP contribution is 2.22. The van der Waals surface area contributed by atoms with Crippen molar-refractivity contribution in [2.45, 2.75) is 6.42 Å². The van der Waals surface area contributed by atoms with E-state index in [0.717, 1.165) is 0 Å². The van der Waals surface area contributed by atoms with Gasteiger partial charge in [-0.3, -0.25) is 14.2 Å². The number of H-pyrrole nitrogens is 1. The fourth-order valence-electron chi connectivity index (χ4n) is 3.59. The molecule has 0 fully saturated rings. The van der Waals surface area contributed by atoms with Crippen LogP contribution in [0.3, 0.4) is 0 Å². The minimum atomic E-state index is -0.384. The maximum absolute atomic E-state index is 13.4. The molecule has 5 aromatic rings. The molecule has 0 atom stereocenters. The van der Waals surface area contributed by atoms with E-state index in [2.05, 4.69) is 25.3 Å². The third kappa shape index (κ3) is 4.41. The van der Waals surface area contributed by atoms with Crippen molar-refractivity contribution < 1.29 is 4.79 Å². The number of pyridine rings is 1. The Morgan fingerprint density at radius 1 is 1.00 bits per heavy atom. The molecule has 3 aromatic heterocycles. The number of carbonyl (C=O) groups is 1. The van der Waals surface area contributed by atoms with Gasteiger partial charge in [-0.05, 0) is 48.5 Å². The normalized spacial score (nSPS) is 11.0. The van der Waals surface area contributed by atoms with Crippen molar-refractivity contribution in [1.82, 2.24) is 24.5 Å². The van der Waals surface area contributed by atoms with E-state index in [9.17, 15) is 9.59 Å². The van der Waals surface area contributed by atoms with Crippen LogP contribution in [-0.4, -0.2) is 30.4 Å². The summed E-state index contributed by atoms with van der Waals surface area (Å²) in [6.07, 6.45) is 5.15. The van der Waals surface area contributed by atoms with E-state index in [-0.39, 0.29) is 17.9 Å². The van der Waals surface area contributed by atoms with E-state index >= 15 is 0 Å². The van der Waals surface area contributed by atoms with Crippen LogP contribution in [0.1, 0.15) is 21.9 Å². The third-order valence-corrected chi connectivity index (χ3v) is 5.50. The Labute approximate surface area is 203 Å². The van der Waals surface area contributed by atoms with Crippen molar-refractivity contribution in [2.75, 3.05) is 5.32 Å². The zero-order valence-electron chi connectivity index (χ0n) is 17.5. The molecule has 2 aromatic carbocycles. The highest BCUT2D eigenvalue weighted by molar-refractivity contribution is 6.35. The first-order valence-electron chi connectivity index (χ1n) is 10.2. The number of benzene rings is 2. The summed E-state index contributed by atoms with van der Waals surface area (Å²) in [4.78, 5) is 42.3. The molecule has 0 spiro atoms. The summed E-state index contributed by atoms with van der Waals surface area (Å²) in [5.74, 6) is 0.241. The average molecular weight is 491 g/mol. The van der Waals surface area contributed by atoms with Crippen LogP contribution in [-0.2, 0) is 6.42 Å². The Morgan fingerprint density at radius 2 is 1.82 bits per heavy atom. The number of anilines is 1. The number of aromatic amines is 1. The number of rotatable bonds is 5. The molecule has 0 saturated carbocycles. The Hall–Kier alpha value is -4.01. The first-order valence-corrected chi connectivity index (χ1v) is 11.0. The fourth-order valence-corrected chi connectivity index (χ4v) is 4.11. The predicted molar refractivity (Wildman–Crippen MR) is 131 cm³/mol. The van der Waals surface area contributed by atoms with E-state index in [1.807, 2.05) is 0 Å². The molecule has 0 radical (unpaired) electrons. The summed E-state index contributed by atoms with van der Waals surface area (Å²) in [6, 6.07) is 15.1. The van der Waals surface area contributed by atoms with Crippen LogP contribution < -0.4 is 10.9 Å². The highest BCUT2D eigenvalue weighted by atomic mass is 35.5.